The fourth-order valence-corrected chi connectivity index (χ4v) is 9.27. The predicted octanol–water partition coefficient (Wildman–Crippen LogP) is 4.57. The smallest absolute Gasteiger partial charge is 0.293 e. The van der Waals surface area contributed by atoms with E-state index in [1.165, 1.54) is 29.6 Å². The second kappa shape index (κ2) is 9.60. The lowest BCUT2D eigenvalue weighted by Crippen LogP contribution is -2.59. The highest BCUT2D eigenvalue weighted by Crippen LogP contribution is 2.55. The first kappa shape index (κ1) is 25.8. The summed E-state index contributed by atoms with van der Waals surface area (Å²) in [5.41, 5.74) is 0.401. The van der Waals surface area contributed by atoms with Gasteiger partial charge in [-0.15, -0.1) is 0 Å². The summed E-state index contributed by atoms with van der Waals surface area (Å²) in [6, 6.07) is 11.2. The number of carbonyl (C=O) groups excluding carboxylic acids is 1. The molecule has 2 aromatic rings. The van der Waals surface area contributed by atoms with E-state index in [9.17, 15) is 23.3 Å². The van der Waals surface area contributed by atoms with Gasteiger partial charge in [-0.2, -0.15) is 4.31 Å². The van der Waals surface area contributed by atoms with Crippen molar-refractivity contribution in [2.45, 2.75) is 49.0 Å². The van der Waals surface area contributed by atoms with E-state index in [-0.39, 0.29) is 35.1 Å². The van der Waals surface area contributed by atoms with Crippen molar-refractivity contribution in [3.05, 3.63) is 62.6 Å². The van der Waals surface area contributed by atoms with Gasteiger partial charge in [0.05, 0.1) is 9.82 Å². The standard InChI is InChI=1S/C27H31BrN4O5S/c28-22-2-4-23(5-3-22)38(36,37)31-9-7-30(8-10-31)24-6-1-21(14-25(24)32(34)35)26(33)29-27-15-18-11-19(16-27)13-20(12-18)17-27/h1-6,14,18-20H,7-13,15-17H2,(H,29,33). The minimum absolute atomic E-state index is 0.132. The van der Waals surface area contributed by atoms with E-state index < -0.39 is 14.9 Å². The topological polar surface area (TPSA) is 113 Å². The first-order valence-corrected chi connectivity index (χ1v) is 15.5. The largest absolute Gasteiger partial charge is 0.363 e. The number of hydrogen-bond donors (Lipinski definition) is 1. The van der Waals surface area contributed by atoms with Crippen molar-refractivity contribution in [2.75, 3.05) is 31.1 Å². The molecule has 0 aromatic heterocycles. The zero-order valence-corrected chi connectivity index (χ0v) is 23.4. The molecule has 4 saturated carbocycles. The van der Waals surface area contributed by atoms with E-state index in [0.717, 1.165) is 23.7 Å². The van der Waals surface area contributed by atoms with E-state index >= 15 is 0 Å². The van der Waals surface area contributed by atoms with Gasteiger partial charge in [-0.1, -0.05) is 15.9 Å². The van der Waals surface area contributed by atoms with Gasteiger partial charge < -0.3 is 10.2 Å². The Kier molecular flexibility index (Phi) is 6.51. The maximum Gasteiger partial charge on any atom is 0.293 e. The molecule has 5 fully saturated rings. The van der Waals surface area contributed by atoms with Gasteiger partial charge in [0, 0.05) is 47.8 Å². The molecule has 5 aliphatic rings. The van der Waals surface area contributed by atoms with Gasteiger partial charge in [0.25, 0.3) is 11.6 Å². The van der Waals surface area contributed by atoms with Gasteiger partial charge >= 0.3 is 0 Å². The molecule has 7 rings (SSSR count). The van der Waals surface area contributed by atoms with Crippen molar-refractivity contribution in [1.82, 2.24) is 9.62 Å². The van der Waals surface area contributed by atoms with E-state index in [1.807, 2.05) is 4.90 Å². The van der Waals surface area contributed by atoms with Crippen LogP contribution in [-0.4, -0.2) is 55.3 Å². The van der Waals surface area contributed by atoms with Gasteiger partial charge in [0.2, 0.25) is 10.0 Å². The molecule has 1 amide bonds. The molecule has 0 atom stereocenters. The second-order valence-electron chi connectivity index (χ2n) is 11.5. The van der Waals surface area contributed by atoms with Crippen molar-refractivity contribution < 1.29 is 18.1 Å². The molecule has 4 bridgehead atoms. The van der Waals surface area contributed by atoms with E-state index in [4.69, 9.17) is 0 Å². The summed E-state index contributed by atoms with van der Waals surface area (Å²) in [7, 11) is -3.65. The molecule has 9 nitrogen and oxygen atoms in total. The van der Waals surface area contributed by atoms with Crippen LogP contribution in [0.2, 0.25) is 0 Å². The Morgan fingerprint density at radius 3 is 2.08 bits per heavy atom. The molecule has 38 heavy (non-hydrogen) atoms. The van der Waals surface area contributed by atoms with Crippen molar-refractivity contribution in [2.24, 2.45) is 17.8 Å². The highest BCUT2D eigenvalue weighted by atomic mass is 79.9. The molecule has 2 aromatic carbocycles. The Bertz CT molecular complexity index is 1340. The lowest BCUT2D eigenvalue weighted by atomic mass is 9.53. The molecule has 4 aliphatic carbocycles. The maximum atomic E-state index is 13.3. The highest BCUT2D eigenvalue weighted by molar-refractivity contribution is 9.10. The number of nitrogens with one attached hydrogen (secondary N) is 1. The van der Waals surface area contributed by atoms with Gasteiger partial charge in [0.15, 0.2) is 0 Å². The van der Waals surface area contributed by atoms with E-state index in [2.05, 4.69) is 21.2 Å². The van der Waals surface area contributed by atoms with Gasteiger partial charge in [-0.05, 0) is 92.7 Å². The lowest BCUT2D eigenvalue weighted by Gasteiger charge is -2.56. The normalized spacial score (nSPS) is 28.9. The molecule has 1 heterocycles. The number of rotatable bonds is 6. The van der Waals surface area contributed by atoms with Gasteiger partial charge in [-0.3, -0.25) is 14.9 Å². The third-order valence-electron chi connectivity index (χ3n) is 8.88. The Labute approximate surface area is 230 Å². The Balaban J connectivity index is 1.16. The summed E-state index contributed by atoms with van der Waals surface area (Å²) >= 11 is 3.32. The minimum Gasteiger partial charge on any atom is -0.363 e. The predicted molar refractivity (Wildman–Crippen MR) is 147 cm³/mol. The van der Waals surface area contributed by atoms with Crippen LogP contribution in [-0.2, 0) is 10.0 Å². The average molecular weight is 604 g/mol. The Morgan fingerprint density at radius 2 is 1.53 bits per heavy atom. The third-order valence-corrected chi connectivity index (χ3v) is 11.3. The van der Waals surface area contributed by atoms with Crippen molar-refractivity contribution >= 4 is 43.2 Å². The van der Waals surface area contributed by atoms with Crippen LogP contribution in [0, 0.1) is 27.9 Å². The quantitative estimate of drug-likeness (QED) is 0.383. The van der Waals surface area contributed by atoms with Crippen LogP contribution >= 0.6 is 15.9 Å². The first-order chi connectivity index (χ1) is 18.1. The summed E-state index contributed by atoms with van der Waals surface area (Å²) in [6.45, 7) is 1.05. The molecule has 1 saturated heterocycles. The molecule has 1 N–H and O–H groups in total. The monoisotopic (exact) mass is 602 g/mol. The van der Waals surface area contributed by atoms with Gasteiger partial charge in [-0.25, -0.2) is 8.42 Å². The zero-order chi connectivity index (χ0) is 26.7. The first-order valence-electron chi connectivity index (χ1n) is 13.2. The zero-order valence-electron chi connectivity index (χ0n) is 21.0. The third kappa shape index (κ3) is 4.73. The fourth-order valence-electron chi connectivity index (χ4n) is 7.58. The highest BCUT2D eigenvalue weighted by Gasteiger charge is 2.51. The number of hydrogen-bond acceptors (Lipinski definition) is 6. The molecule has 202 valence electrons. The van der Waals surface area contributed by atoms with Crippen LogP contribution < -0.4 is 10.2 Å². The Morgan fingerprint density at radius 1 is 0.947 bits per heavy atom. The molecule has 0 radical (unpaired) electrons. The van der Waals surface area contributed by atoms with Crippen LogP contribution in [0.15, 0.2) is 51.8 Å². The average Bonchev–Trinajstić information content (AvgIpc) is 2.87. The number of nitro groups is 1. The number of sulfonamides is 1. The number of carbonyl (C=O) groups is 1. The van der Waals surface area contributed by atoms with E-state index in [1.54, 1.807) is 36.4 Å². The van der Waals surface area contributed by atoms with Crippen molar-refractivity contribution in [1.29, 1.82) is 0 Å². The van der Waals surface area contributed by atoms with Crippen LogP contribution in [0.3, 0.4) is 0 Å². The minimum atomic E-state index is -3.65. The summed E-state index contributed by atoms with van der Waals surface area (Å²) in [5, 5.41) is 15.3. The van der Waals surface area contributed by atoms with Crippen LogP contribution in [0.4, 0.5) is 11.4 Å². The SMILES string of the molecule is O=C(NC12CC3CC(CC(C3)C1)C2)c1ccc(N2CCN(S(=O)(=O)c3ccc(Br)cc3)CC2)c([N+](=O)[O-])c1. The number of piperazine rings is 1. The van der Waals surface area contributed by atoms with Crippen LogP contribution in [0.1, 0.15) is 48.9 Å². The van der Waals surface area contributed by atoms with Crippen LogP contribution in [0.5, 0.6) is 0 Å². The number of benzene rings is 2. The van der Waals surface area contributed by atoms with Gasteiger partial charge in [0.1, 0.15) is 5.69 Å². The second-order valence-corrected chi connectivity index (χ2v) is 14.3. The summed E-state index contributed by atoms with van der Waals surface area (Å²) < 4.78 is 28.3. The summed E-state index contributed by atoms with van der Waals surface area (Å²) in [5.74, 6) is 1.81. The number of amides is 1. The number of nitro benzene ring substituents is 1. The molecule has 0 spiro atoms. The fraction of sp³-hybridized carbons (Fsp3) is 0.519. The Hall–Kier alpha value is -2.50. The maximum absolute atomic E-state index is 13.3. The van der Waals surface area contributed by atoms with E-state index in [0.29, 0.717) is 42.1 Å². The number of nitrogens with zero attached hydrogens (tertiary/aromatic N) is 3. The summed E-state index contributed by atoms with van der Waals surface area (Å²) in [6.07, 6.45) is 6.85. The molecule has 11 heteroatoms. The van der Waals surface area contributed by atoms with Crippen LogP contribution in [0.25, 0.3) is 0 Å². The molecular formula is C27H31BrN4O5S. The molecule has 0 unspecified atom stereocenters. The number of halogens is 1. The number of anilines is 1. The molecular weight excluding hydrogens is 572 g/mol. The summed E-state index contributed by atoms with van der Waals surface area (Å²) in [4.78, 5) is 26.9. The lowest BCUT2D eigenvalue weighted by molar-refractivity contribution is -0.384. The van der Waals surface area contributed by atoms with Crippen molar-refractivity contribution in [3.8, 4) is 0 Å². The van der Waals surface area contributed by atoms with Crippen molar-refractivity contribution in [3.63, 3.8) is 0 Å². The molecule has 1 aliphatic heterocycles.